The van der Waals surface area contributed by atoms with Crippen molar-refractivity contribution in [2.24, 2.45) is 0 Å². The van der Waals surface area contributed by atoms with Crippen LogP contribution < -0.4 is 5.32 Å². The molecular weight excluding hydrogens is 832 g/mol. The van der Waals surface area contributed by atoms with Crippen LogP contribution in [0.1, 0.15) is 239 Å². The van der Waals surface area contributed by atoms with Crippen molar-refractivity contribution in [1.82, 2.24) is 5.32 Å². The molecule has 0 spiro atoms. The Morgan fingerprint density at radius 2 is 0.954 bits per heavy atom. The number of hydrogen-bond acceptors (Lipinski definition) is 6. The number of amides is 1. The average Bonchev–Trinajstić information content (AvgIpc) is 3.26. The number of esters is 1. The molecule has 0 aliphatic heterocycles. The van der Waals surface area contributed by atoms with Gasteiger partial charge in [-0.2, -0.15) is 0 Å². The molecule has 0 aromatic rings. The second-order valence-electron chi connectivity index (χ2n) is 19.4. The lowest BCUT2D eigenvalue weighted by Gasteiger charge is -2.27. The molecule has 0 aliphatic rings. The molecule has 0 rings (SSSR count). The van der Waals surface area contributed by atoms with E-state index in [-0.39, 0.29) is 31.5 Å². The first-order valence-electron chi connectivity index (χ1n) is 27.0. The molecule has 0 fully saturated rings. The number of allylic oxidation sites excluding steroid dienone is 7. The Labute approximate surface area is 401 Å². The molecule has 0 heterocycles. The van der Waals surface area contributed by atoms with Crippen molar-refractivity contribution < 1.29 is 37.3 Å². The molecule has 0 aromatic heterocycles. The second kappa shape index (κ2) is 45.7. The van der Waals surface area contributed by atoms with Gasteiger partial charge in [0.05, 0.1) is 33.8 Å². The molecule has 0 radical (unpaired) electrons. The quantitative estimate of drug-likeness (QED) is 0.0156. The number of phosphoric acid groups is 1. The summed E-state index contributed by atoms with van der Waals surface area (Å²) in [6, 6.07) is -0.862. The molecule has 3 unspecified atom stereocenters. The first kappa shape index (κ1) is 63.0. The summed E-state index contributed by atoms with van der Waals surface area (Å²) in [6.07, 6.45) is 53.9. The van der Waals surface area contributed by atoms with Crippen LogP contribution in [0.15, 0.2) is 48.6 Å². The molecular formula is C55H104N2O7P+. The third-order valence-corrected chi connectivity index (χ3v) is 12.8. The maximum Gasteiger partial charge on any atom is 0.472 e. The Hall–Kier alpha value is -2.03. The van der Waals surface area contributed by atoms with E-state index in [1.165, 1.54) is 109 Å². The van der Waals surface area contributed by atoms with E-state index in [1.54, 1.807) is 0 Å². The minimum absolute atomic E-state index is 0.0336. The minimum Gasteiger partial charge on any atom is -0.456 e. The molecule has 0 saturated heterocycles. The number of quaternary nitrogens is 1. The van der Waals surface area contributed by atoms with Crippen LogP contribution in [-0.2, 0) is 27.9 Å². The van der Waals surface area contributed by atoms with Crippen molar-refractivity contribution >= 4 is 19.7 Å². The van der Waals surface area contributed by atoms with Crippen molar-refractivity contribution in [3.05, 3.63) is 48.6 Å². The SMILES string of the molecule is CCCC/C=C\CCCCCCCC(=O)OC(/C=C\CCCCCCCCCCCC)C(COP(=O)(O)OCC[N+](C)(C)C)NC(=O)CCCCC/C=C/C=C/CCCCCCCCC. The number of ether oxygens (including phenoxy) is 1. The van der Waals surface area contributed by atoms with E-state index in [4.69, 9.17) is 13.8 Å². The largest absolute Gasteiger partial charge is 0.472 e. The first-order chi connectivity index (χ1) is 31.4. The number of carbonyl (C=O) groups excluding carboxylic acids is 2. The number of phosphoric ester groups is 1. The highest BCUT2D eigenvalue weighted by molar-refractivity contribution is 7.47. The van der Waals surface area contributed by atoms with Crippen molar-refractivity contribution in [1.29, 1.82) is 0 Å². The van der Waals surface area contributed by atoms with Gasteiger partial charge < -0.3 is 19.4 Å². The normalized spacial score (nSPS) is 14.3. The van der Waals surface area contributed by atoms with Crippen LogP contribution in [0.5, 0.6) is 0 Å². The van der Waals surface area contributed by atoms with Crippen molar-refractivity contribution in [3.8, 4) is 0 Å². The standard InChI is InChI=1S/C55H103N2O7P/c1-7-10-13-16-19-22-25-27-28-29-30-33-35-38-41-44-47-54(58)56-52(51-63-65(60,61)62-50-49-57(4,5)6)53(46-43-40-37-34-32-26-23-20-17-14-11-8-2)64-55(59)48-45-42-39-36-31-24-21-18-15-12-9-3/h18,21,28-30,33,43,46,52-53H,7-17,19-20,22-27,31-32,34-42,44-45,47-51H2,1-6H3,(H-,56,58,60,61)/p+1/b21-18-,29-28+,33-30+,46-43-. The van der Waals surface area contributed by atoms with Gasteiger partial charge in [-0.3, -0.25) is 18.6 Å². The summed E-state index contributed by atoms with van der Waals surface area (Å²) in [5.41, 5.74) is 0. The average molecular weight is 936 g/mol. The lowest BCUT2D eigenvalue weighted by atomic mass is 10.1. The Morgan fingerprint density at radius 3 is 1.46 bits per heavy atom. The van der Waals surface area contributed by atoms with Crippen LogP contribution in [0, 0.1) is 0 Å². The van der Waals surface area contributed by atoms with Crippen LogP contribution in [0.2, 0.25) is 0 Å². The zero-order valence-electron chi connectivity index (χ0n) is 43.2. The van der Waals surface area contributed by atoms with Gasteiger partial charge in [-0.05, 0) is 76.7 Å². The number of nitrogens with one attached hydrogen (secondary N) is 1. The summed E-state index contributed by atoms with van der Waals surface area (Å²) in [4.78, 5) is 37.4. The Balaban J connectivity index is 5.45. The van der Waals surface area contributed by atoms with Gasteiger partial charge in [-0.15, -0.1) is 0 Å². The number of nitrogens with zero attached hydrogens (tertiary/aromatic N) is 1. The summed E-state index contributed by atoms with van der Waals surface area (Å²) >= 11 is 0. The van der Waals surface area contributed by atoms with E-state index in [0.29, 0.717) is 23.9 Å². The molecule has 380 valence electrons. The Morgan fingerprint density at radius 1 is 0.538 bits per heavy atom. The monoisotopic (exact) mass is 936 g/mol. The van der Waals surface area contributed by atoms with E-state index in [0.717, 1.165) is 89.9 Å². The van der Waals surface area contributed by atoms with Gasteiger partial charge in [0, 0.05) is 12.8 Å². The van der Waals surface area contributed by atoms with Crippen molar-refractivity contribution in [2.45, 2.75) is 251 Å². The third kappa shape index (κ3) is 46.9. The summed E-state index contributed by atoms with van der Waals surface area (Å²) in [6.45, 7) is 6.93. The fraction of sp³-hybridized carbons (Fsp3) is 0.818. The number of likely N-dealkylation sites (N-methyl/N-ethyl adjacent to an activating group) is 1. The zero-order chi connectivity index (χ0) is 48.0. The molecule has 0 saturated carbocycles. The number of hydrogen-bond donors (Lipinski definition) is 2. The molecule has 2 N–H and O–H groups in total. The number of rotatable bonds is 48. The lowest BCUT2D eigenvalue weighted by Crippen LogP contribution is -2.47. The molecule has 1 amide bonds. The van der Waals surface area contributed by atoms with Gasteiger partial charge in [0.25, 0.3) is 0 Å². The van der Waals surface area contributed by atoms with E-state index >= 15 is 0 Å². The number of unbranched alkanes of at least 4 members (excludes halogenated alkanes) is 27. The highest BCUT2D eigenvalue weighted by Crippen LogP contribution is 2.43. The summed E-state index contributed by atoms with van der Waals surface area (Å²) in [7, 11) is 1.47. The van der Waals surface area contributed by atoms with Crippen LogP contribution in [0.4, 0.5) is 0 Å². The highest BCUT2D eigenvalue weighted by atomic mass is 31.2. The van der Waals surface area contributed by atoms with Gasteiger partial charge in [0.2, 0.25) is 5.91 Å². The molecule has 0 aliphatic carbocycles. The van der Waals surface area contributed by atoms with E-state index in [2.05, 4.69) is 62.5 Å². The van der Waals surface area contributed by atoms with Gasteiger partial charge in [0.15, 0.2) is 0 Å². The topological polar surface area (TPSA) is 111 Å². The smallest absolute Gasteiger partial charge is 0.456 e. The van der Waals surface area contributed by atoms with Crippen LogP contribution in [0.25, 0.3) is 0 Å². The molecule has 3 atom stereocenters. The third-order valence-electron chi connectivity index (χ3n) is 11.8. The summed E-state index contributed by atoms with van der Waals surface area (Å²) in [5.74, 6) is -0.547. The van der Waals surface area contributed by atoms with E-state index in [9.17, 15) is 19.0 Å². The highest BCUT2D eigenvalue weighted by Gasteiger charge is 2.30. The maximum atomic E-state index is 13.4. The maximum absolute atomic E-state index is 13.4. The van der Waals surface area contributed by atoms with Crippen molar-refractivity contribution in [2.75, 3.05) is 40.9 Å². The molecule has 9 nitrogen and oxygen atoms in total. The van der Waals surface area contributed by atoms with Crippen LogP contribution >= 0.6 is 7.82 Å². The number of carbonyl (C=O) groups is 2. The Kier molecular flexibility index (Phi) is 44.3. The zero-order valence-corrected chi connectivity index (χ0v) is 44.1. The van der Waals surface area contributed by atoms with Crippen LogP contribution in [-0.4, -0.2) is 74.3 Å². The summed E-state index contributed by atoms with van der Waals surface area (Å²) < 4.78 is 30.5. The van der Waals surface area contributed by atoms with Gasteiger partial charge >= 0.3 is 13.8 Å². The second-order valence-corrected chi connectivity index (χ2v) is 20.9. The van der Waals surface area contributed by atoms with Gasteiger partial charge in [0.1, 0.15) is 19.3 Å². The van der Waals surface area contributed by atoms with Crippen LogP contribution in [0.3, 0.4) is 0 Å². The Bertz CT molecular complexity index is 1260. The fourth-order valence-corrected chi connectivity index (χ4v) is 8.23. The fourth-order valence-electron chi connectivity index (χ4n) is 7.50. The first-order valence-corrected chi connectivity index (χ1v) is 28.5. The van der Waals surface area contributed by atoms with E-state index < -0.39 is 20.0 Å². The van der Waals surface area contributed by atoms with Gasteiger partial charge in [-0.1, -0.05) is 198 Å². The minimum atomic E-state index is -4.45. The molecule has 10 heteroatoms. The van der Waals surface area contributed by atoms with Crippen molar-refractivity contribution in [3.63, 3.8) is 0 Å². The predicted molar refractivity (Wildman–Crippen MR) is 277 cm³/mol. The molecule has 0 aromatic carbocycles. The molecule has 65 heavy (non-hydrogen) atoms. The lowest BCUT2D eigenvalue weighted by molar-refractivity contribution is -0.870. The predicted octanol–water partition coefficient (Wildman–Crippen LogP) is 15.8. The van der Waals surface area contributed by atoms with E-state index in [1.807, 2.05) is 33.3 Å². The molecule has 0 bridgehead atoms. The summed E-state index contributed by atoms with van der Waals surface area (Å²) in [5, 5.41) is 3.02. The van der Waals surface area contributed by atoms with Gasteiger partial charge in [-0.25, -0.2) is 4.57 Å².